The van der Waals surface area contributed by atoms with E-state index in [1.807, 2.05) is 42.7 Å². The molecule has 20 heavy (non-hydrogen) atoms. The van der Waals surface area contributed by atoms with Gasteiger partial charge in [-0.1, -0.05) is 12.1 Å². The molecular formula is C16H13N3O. The van der Waals surface area contributed by atoms with Crippen LogP contribution in [0, 0.1) is 11.3 Å². The minimum atomic E-state index is 0.562. The monoisotopic (exact) mass is 263 g/mol. The van der Waals surface area contributed by atoms with Crippen LogP contribution in [-0.2, 0) is 6.54 Å². The summed E-state index contributed by atoms with van der Waals surface area (Å²) < 4.78 is 7.74. The Bertz CT molecular complexity index is 753. The molecule has 1 aromatic heterocycles. The first kappa shape index (κ1) is 12.2. The Kier molecular flexibility index (Phi) is 3.34. The van der Waals surface area contributed by atoms with Gasteiger partial charge in [-0.05, 0) is 36.4 Å². The first-order valence-corrected chi connectivity index (χ1v) is 6.39. The fourth-order valence-electron chi connectivity index (χ4n) is 2.08. The molecule has 98 valence electrons. The predicted molar refractivity (Wildman–Crippen MR) is 76.4 cm³/mol. The summed E-state index contributed by atoms with van der Waals surface area (Å²) in [5, 5.41) is 8.73. The number of hydrogen-bond acceptors (Lipinski definition) is 3. The SMILES string of the molecule is N#Cc1ccc(OCCn2cnc3ccccc32)cc1. The van der Waals surface area contributed by atoms with E-state index < -0.39 is 0 Å². The number of ether oxygens (including phenoxy) is 1. The minimum Gasteiger partial charge on any atom is -0.492 e. The van der Waals surface area contributed by atoms with E-state index in [2.05, 4.69) is 15.6 Å². The molecular weight excluding hydrogens is 250 g/mol. The topological polar surface area (TPSA) is 50.8 Å². The number of imidazole rings is 1. The quantitative estimate of drug-likeness (QED) is 0.727. The van der Waals surface area contributed by atoms with Gasteiger partial charge in [0.05, 0.1) is 35.5 Å². The molecule has 0 aliphatic heterocycles. The highest BCUT2D eigenvalue weighted by Crippen LogP contribution is 2.13. The van der Waals surface area contributed by atoms with Crippen LogP contribution in [-0.4, -0.2) is 16.2 Å². The van der Waals surface area contributed by atoms with E-state index in [1.54, 1.807) is 12.1 Å². The molecule has 0 unspecified atom stereocenters. The molecule has 0 aliphatic carbocycles. The van der Waals surface area contributed by atoms with E-state index in [0.717, 1.165) is 23.3 Å². The summed E-state index contributed by atoms with van der Waals surface area (Å²) in [7, 11) is 0. The van der Waals surface area contributed by atoms with E-state index in [-0.39, 0.29) is 0 Å². The van der Waals surface area contributed by atoms with E-state index in [1.165, 1.54) is 0 Å². The van der Waals surface area contributed by atoms with Crippen LogP contribution in [0.2, 0.25) is 0 Å². The Labute approximate surface area is 116 Å². The van der Waals surface area contributed by atoms with E-state index in [0.29, 0.717) is 12.2 Å². The maximum Gasteiger partial charge on any atom is 0.119 e. The standard InChI is InChI=1S/C16H13N3O/c17-11-13-5-7-14(8-6-13)20-10-9-19-12-18-15-3-1-2-4-16(15)19/h1-8,12H,9-10H2. The third-order valence-electron chi connectivity index (χ3n) is 3.11. The van der Waals surface area contributed by atoms with Crippen molar-refractivity contribution in [3.05, 3.63) is 60.4 Å². The maximum absolute atomic E-state index is 8.73. The van der Waals surface area contributed by atoms with E-state index >= 15 is 0 Å². The molecule has 0 N–H and O–H groups in total. The first-order chi connectivity index (χ1) is 9.86. The zero-order valence-electron chi connectivity index (χ0n) is 10.9. The minimum absolute atomic E-state index is 0.562. The van der Waals surface area contributed by atoms with Gasteiger partial charge < -0.3 is 9.30 Å². The van der Waals surface area contributed by atoms with Crippen molar-refractivity contribution in [2.75, 3.05) is 6.61 Å². The van der Waals surface area contributed by atoms with Gasteiger partial charge in [0.1, 0.15) is 12.4 Å². The Morgan fingerprint density at radius 1 is 1.10 bits per heavy atom. The zero-order chi connectivity index (χ0) is 13.8. The molecule has 3 aromatic rings. The number of fused-ring (bicyclic) bond motifs is 1. The number of hydrogen-bond donors (Lipinski definition) is 0. The molecule has 1 heterocycles. The van der Waals surface area contributed by atoms with Crippen molar-refractivity contribution in [1.82, 2.24) is 9.55 Å². The van der Waals surface area contributed by atoms with Gasteiger partial charge in [-0.25, -0.2) is 4.98 Å². The fourth-order valence-corrected chi connectivity index (χ4v) is 2.08. The highest BCUT2D eigenvalue weighted by atomic mass is 16.5. The number of rotatable bonds is 4. The smallest absolute Gasteiger partial charge is 0.119 e. The summed E-state index contributed by atoms with van der Waals surface area (Å²) in [4.78, 5) is 4.34. The van der Waals surface area contributed by atoms with Gasteiger partial charge in [0.25, 0.3) is 0 Å². The number of para-hydroxylation sites is 2. The zero-order valence-corrected chi connectivity index (χ0v) is 10.9. The van der Waals surface area contributed by atoms with Crippen molar-refractivity contribution in [2.24, 2.45) is 0 Å². The molecule has 4 heteroatoms. The lowest BCUT2D eigenvalue weighted by Gasteiger charge is -2.07. The van der Waals surface area contributed by atoms with Crippen LogP contribution in [0.5, 0.6) is 5.75 Å². The molecule has 2 aromatic carbocycles. The molecule has 0 radical (unpaired) electrons. The molecule has 0 aliphatic rings. The summed E-state index contributed by atoms with van der Waals surface area (Å²) >= 11 is 0. The van der Waals surface area contributed by atoms with Crippen LogP contribution < -0.4 is 4.74 Å². The summed E-state index contributed by atoms with van der Waals surface area (Å²) in [6, 6.07) is 17.2. The van der Waals surface area contributed by atoms with E-state index in [4.69, 9.17) is 10.00 Å². The molecule has 0 atom stereocenters. The van der Waals surface area contributed by atoms with Crippen molar-refractivity contribution in [2.45, 2.75) is 6.54 Å². The van der Waals surface area contributed by atoms with E-state index in [9.17, 15) is 0 Å². The van der Waals surface area contributed by atoms with Crippen LogP contribution >= 0.6 is 0 Å². The van der Waals surface area contributed by atoms with Gasteiger partial charge in [0.2, 0.25) is 0 Å². The first-order valence-electron chi connectivity index (χ1n) is 6.39. The highest BCUT2D eigenvalue weighted by Gasteiger charge is 2.01. The lowest BCUT2D eigenvalue weighted by atomic mass is 10.2. The summed E-state index contributed by atoms with van der Waals surface area (Å²) in [5.41, 5.74) is 2.74. The lowest BCUT2D eigenvalue weighted by molar-refractivity contribution is 0.300. The number of benzene rings is 2. The van der Waals surface area contributed by atoms with Gasteiger partial charge in [-0.15, -0.1) is 0 Å². The van der Waals surface area contributed by atoms with Gasteiger partial charge >= 0.3 is 0 Å². The van der Waals surface area contributed by atoms with Gasteiger partial charge in [0.15, 0.2) is 0 Å². The van der Waals surface area contributed by atoms with Crippen LogP contribution in [0.1, 0.15) is 5.56 Å². The van der Waals surface area contributed by atoms with Gasteiger partial charge in [-0.3, -0.25) is 0 Å². The Balaban J connectivity index is 1.63. The van der Waals surface area contributed by atoms with Crippen LogP contribution in [0.4, 0.5) is 0 Å². The van der Waals surface area contributed by atoms with Gasteiger partial charge in [-0.2, -0.15) is 5.26 Å². The van der Waals surface area contributed by atoms with Crippen molar-refractivity contribution in [3.63, 3.8) is 0 Å². The molecule has 0 spiro atoms. The molecule has 0 amide bonds. The molecule has 0 bridgehead atoms. The molecule has 0 fully saturated rings. The highest BCUT2D eigenvalue weighted by molar-refractivity contribution is 5.74. The Morgan fingerprint density at radius 2 is 1.90 bits per heavy atom. The second-order valence-corrected chi connectivity index (χ2v) is 4.41. The van der Waals surface area contributed by atoms with Crippen LogP contribution in [0.25, 0.3) is 11.0 Å². The normalized spacial score (nSPS) is 10.3. The van der Waals surface area contributed by atoms with Crippen molar-refractivity contribution in [3.8, 4) is 11.8 Å². The third-order valence-corrected chi connectivity index (χ3v) is 3.11. The van der Waals surface area contributed by atoms with Crippen molar-refractivity contribution < 1.29 is 4.74 Å². The van der Waals surface area contributed by atoms with Crippen molar-refractivity contribution in [1.29, 1.82) is 5.26 Å². The van der Waals surface area contributed by atoms with Gasteiger partial charge in [0, 0.05) is 0 Å². The molecule has 0 saturated carbocycles. The fraction of sp³-hybridized carbons (Fsp3) is 0.125. The second-order valence-electron chi connectivity index (χ2n) is 4.41. The molecule has 3 rings (SSSR count). The molecule has 4 nitrogen and oxygen atoms in total. The number of nitrogens with zero attached hydrogens (tertiary/aromatic N) is 3. The average molecular weight is 263 g/mol. The predicted octanol–water partition coefficient (Wildman–Crippen LogP) is 2.99. The largest absolute Gasteiger partial charge is 0.492 e. The number of nitriles is 1. The number of aromatic nitrogens is 2. The summed E-state index contributed by atoms with van der Waals surface area (Å²) in [5.74, 6) is 0.772. The lowest BCUT2D eigenvalue weighted by Crippen LogP contribution is -2.07. The maximum atomic E-state index is 8.73. The van der Waals surface area contributed by atoms with Crippen molar-refractivity contribution >= 4 is 11.0 Å². The third kappa shape index (κ3) is 2.47. The second kappa shape index (κ2) is 5.45. The average Bonchev–Trinajstić information content (AvgIpc) is 2.92. The molecule has 0 saturated heterocycles. The summed E-state index contributed by atoms with van der Waals surface area (Å²) in [6.07, 6.45) is 1.83. The summed E-state index contributed by atoms with van der Waals surface area (Å²) in [6.45, 7) is 1.30. The van der Waals surface area contributed by atoms with Crippen LogP contribution in [0.3, 0.4) is 0 Å². The Morgan fingerprint density at radius 3 is 2.70 bits per heavy atom. The van der Waals surface area contributed by atoms with Crippen LogP contribution in [0.15, 0.2) is 54.9 Å². The Hall–Kier alpha value is -2.80.